The molecule has 0 radical (unpaired) electrons. The molecule has 2 nitrogen and oxygen atoms in total. The second-order valence-electron chi connectivity index (χ2n) is 1.46. The highest BCUT2D eigenvalue weighted by atomic mass is 16.3. The molecule has 0 amide bonds. The molecular weight excluding hydrogens is 102 g/mol. The topological polar surface area (TPSA) is 32.3 Å². The Kier molecular flexibility index (Phi) is 3.76. The molecule has 0 aromatic carbocycles. The fraction of sp³-hybridized carbons (Fsp3) is 0.333. The maximum Gasteiger partial charge on any atom is 0.0892 e. The van der Waals surface area contributed by atoms with Gasteiger partial charge in [0, 0.05) is 7.05 Å². The van der Waals surface area contributed by atoms with E-state index in [1.54, 1.807) is 32.3 Å². The van der Waals surface area contributed by atoms with E-state index in [-0.39, 0.29) is 0 Å². The lowest BCUT2D eigenvalue weighted by atomic mass is 10.5. The number of allylic oxidation sites excluding steroid dienone is 3. The normalized spacial score (nSPS) is 12.5. The van der Waals surface area contributed by atoms with Gasteiger partial charge in [-0.25, -0.2) is 0 Å². The standard InChI is InChI=1S/C6H11NO/c1-6(8)4-3-5-7-2/h3-5,7-8H,1-2H3/b5-3+,6-4-. The summed E-state index contributed by atoms with van der Waals surface area (Å²) in [6.45, 7) is 1.62. The summed E-state index contributed by atoms with van der Waals surface area (Å²) in [6.07, 6.45) is 5.07. The first-order valence-electron chi connectivity index (χ1n) is 2.47. The zero-order valence-electron chi connectivity index (χ0n) is 5.18. The molecule has 0 aromatic heterocycles. The first-order valence-corrected chi connectivity index (χ1v) is 2.47. The molecule has 0 saturated heterocycles. The van der Waals surface area contributed by atoms with Crippen molar-refractivity contribution in [2.45, 2.75) is 6.92 Å². The van der Waals surface area contributed by atoms with E-state index in [0.29, 0.717) is 5.76 Å². The monoisotopic (exact) mass is 113 g/mol. The highest BCUT2D eigenvalue weighted by molar-refractivity contribution is 5.03. The van der Waals surface area contributed by atoms with Crippen LogP contribution in [0.3, 0.4) is 0 Å². The van der Waals surface area contributed by atoms with Crippen LogP contribution in [0.25, 0.3) is 0 Å². The Morgan fingerprint density at radius 1 is 1.62 bits per heavy atom. The number of hydrogen-bond acceptors (Lipinski definition) is 2. The van der Waals surface area contributed by atoms with Gasteiger partial charge in [0.1, 0.15) is 0 Å². The molecular formula is C6H11NO. The lowest BCUT2D eigenvalue weighted by Crippen LogP contribution is -1.89. The zero-order valence-corrected chi connectivity index (χ0v) is 5.18. The van der Waals surface area contributed by atoms with Crippen LogP contribution in [0, 0.1) is 0 Å². The van der Waals surface area contributed by atoms with Crippen molar-refractivity contribution in [1.82, 2.24) is 5.32 Å². The van der Waals surface area contributed by atoms with Gasteiger partial charge in [0.05, 0.1) is 5.76 Å². The lowest BCUT2D eigenvalue weighted by Gasteiger charge is -1.82. The second kappa shape index (κ2) is 4.24. The van der Waals surface area contributed by atoms with Crippen LogP contribution in [-0.4, -0.2) is 12.2 Å². The van der Waals surface area contributed by atoms with Crippen molar-refractivity contribution in [2.75, 3.05) is 7.05 Å². The Morgan fingerprint density at radius 3 is 2.62 bits per heavy atom. The van der Waals surface area contributed by atoms with Gasteiger partial charge in [-0.3, -0.25) is 0 Å². The van der Waals surface area contributed by atoms with Gasteiger partial charge in [0.25, 0.3) is 0 Å². The van der Waals surface area contributed by atoms with E-state index in [1.807, 2.05) is 0 Å². The van der Waals surface area contributed by atoms with Crippen LogP contribution in [0.4, 0.5) is 0 Å². The minimum atomic E-state index is 0.316. The molecule has 0 aliphatic heterocycles. The molecule has 0 aromatic rings. The van der Waals surface area contributed by atoms with Crippen molar-refractivity contribution in [3.63, 3.8) is 0 Å². The highest BCUT2D eigenvalue weighted by Crippen LogP contribution is 1.82. The molecule has 46 valence electrons. The number of aliphatic hydroxyl groups excluding tert-OH is 1. The first kappa shape index (κ1) is 7.08. The van der Waals surface area contributed by atoms with Crippen LogP contribution in [0.15, 0.2) is 24.1 Å². The van der Waals surface area contributed by atoms with E-state index < -0.39 is 0 Å². The molecule has 0 atom stereocenters. The summed E-state index contributed by atoms with van der Waals surface area (Å²) in [5.41, 5.74) is 0. The van der Waals surface area contributed by atoms with Gasteiger partial charge in [0.2, 0.25) is 0 Å². The van der Waals surface area contributed by atoms with Gasteiger partial charge in [-0.2, -0.15) is 0 Å². The number of aliphatic hydroxyl groups is 1. The molecule has 0 fully saturated rings. The van der Waals surface area contributed by atoms with E-state index >= 15 is 0 Å². The van der Waals surface area contributed by atoms with E-state index in [1.165, 1.54) is 0 Å². The summed E-state index contributed by atoms with van der Waals surface area (Å²) in [4.78, 5) is 0. The fourth-order valence-electron chi connectivity index (χ4n) is 0.284. The molecule has 8 heavy (non-hydrogen) atoms. The number of nitrogens with one attached hydrogen (secondary N) is 1. The van der Waals surface area contributed by atoms with E-state index in [9.17, 15) is 0 Å². The van der Waals surface area contributed by atoms with Gasteiger partial charge in [-0.1, -0.05) is 0 Å². The van der Waals surface area contributed by atoms with Crippen LogP contribution in [0.5, 0.6) is 0 Å². The first-order chi connectivity index (χ1) is 3.77. The van der Waals surface area contributed by atoms with E-state index in [4.69, 9.17) is 5.11 Å². The molecule has 2 N–H and O–H groups in total. The Hall–Kier alpha value is -0.920. The second-order valence-corrected chi connectivity index (χ2v) is 1.46. The molecule has 0 unspecified atom stereocenters. The van der Waals surface area contributed by atoms with Crippen LogP contribution < -0.4 is 5.32 Å². The predicted octanol–water partition coefficient (Wildman–Crippen LogP) is 1.18. The van der Waals surface area contributed by atoms with Gasteiger partial charge in [0.15, 0.2) is 0 Å². The minimum Gasteiger partial charge on any atom is -0.513 e. The largest absolute Gasteiger partial charge is 0.513 e. The Balaban J connectivity index is 3.42. The average molecular weight is 113 g/mol. The predicted molar refractivity (Wildman–Crippen MR) is 34.6 cm³/mol. The number of rotatable bonds is 2. The molecule has 0 heterocycles. The summed E-state index contributed by atoms with van der Waals surface area (Å²) in [7, 11) is 1.80. The van der Waals surface area contributed by atoms with Crippen LogP contribution in [0.1, 0.15) is 6.92 Å². The van der Waals surface area contributed by atoms with Crippen molar-refractivity contribution in [2.24, 2.45) is 0 Å². The third-order valence-electron chi connectivity index (χ3n) is 0.600. The quantitative estimate of drug-likeness (QED) is 0.416. The Bertz CT molecular complexity index is 101. The molecule has 2 heteroatoms. The maximum atomic E-state index is 8.56. The Morgan fingerprint density at radius 2 is 2.25 bits per heavy atom. The van der Waals surface area contributed by atoms with Crippen molar-refractivity contribution in [3.05, 3.63) is 24.1 Å². The van der Waals surface area contributed by atoms with E-state index in [2.05, 4.69) is 5.32 Å². The highest BCUT2D eigenvalue weighted by Gasteiger charge is 1.69. The summed E-state index contributed by atoms with van der Waals surface area (Å²) in [5, 5.41) is 11.3. The fourth-order valence-corrected chi connectivity index (χ4v) is 0.284. The molecule has 0 saturated carbocycles. The third kappa shape index (κ3) is 5.08. The molecule has 0 aliphatic rings. The van der Waals surface area contributed by atoms with Crippen LogP contribution in [0.2, 0.25) is 0 Å². The Labute approximate surface area is 49.5 Å². The van der Waals surface area contributed by atoms with Crippen molar-refractivity contribution in [3.8, 4) is 0 Å². The van der Waals surface area contributed by atoms with Crippen molar-refractivity contribution >= 4 is 0 Å². The molecule has 0 spiro atoms. The molecule has 0 bridgehead atoms. The van der Waals surface area contributed by atoms with Crippen molar-refractivity contribution < 1.29 is 5.11 Å². The summed E-state index contributed by atoms with van der Waals surface area (Å²) in [5.74, 6) is 0.316. The lowest BCUT2D eigenvalue weighted by molar-refractivity contribution is 0.414. The van der Waals surface area contributed by atoms with E-state index in [0.717, 1.165) is 0 Å². The summed E-state index contributed by atoms with van der Waals surface area (Å²) < 4.78 is 0. The van der Waals surface area contributed by atoms with Gasteiger partial charge in [-0.05, 0) is 25.3 Å². The smallest absolute Gasteiger partial charge is 0.0892 e. The molecule has 0 aliphatic carbocycles. The summed E-state index contributed by atoms with van der Waals surface area (Å²) >= 11 is 0. The maximum absolute atomic E-state index is 8.56. The SMILES string of the molecule is CN/C=C/C=C(/C)O. The zero-order chi connectivity index (χ0) is 6.41. The van der Waals surface area contributed by atoms with Crippen LogP contribution >= 0.6 is 0 Å². The van der Waals surface area contributed by atoms with Crippen molar-refractivity contribution in [1.29, 1.82) is 0 Å². The molecule has 0 rings (SSSR count). The third-order valence-corrected chi connectivity index (χ3v) is 0.600. The number of hydrogen-bond donors (Lipinski definition) is 2. The minimum absolute atomic E-state index is 0.316. The van der Waals surface area contributed by atoms with Gasteiger partial charge < -0.3 is 10.4 Å². The van der Waals surface area contributed by atoms with Crippen LogP contribution in [-0.2, 0) is 0 Å². The van der Waals surface area contributed by atoms with Gasteiger partial charge in [-0.15, -0.1) is 0 Å². The van der Waals surface area contributed by atoms with Gasteiger partial charge >= 0.3 is 0 Å². The summed E-state index contributed by atoms with van der Waals surface area (Å²) in [6, 6.07) is 0. The average Bonchev–Trinajstić information content (AvgIpc) is 1.66.